The number of amides is 2. The lowest BCUT2D eigenvalue weighted by atomic mass is 10.1. The number of carbonyl (C=O) groups excluding carboxylic acids is 2. The molecule has 3 aromatic carbocycles. The van der Waals surface area contributed by atoms with E-state index in [-0.39, 0.29) is 30.5 Å². The molecular weight excluding hydrogens is 486 g/mol. The first-order chi connectivity index (χ1) is 17.9. The third-order valence-electron chi connectivity index (χ3n) is 5.56. The highest BCUT2D eigenvalue weighted by Gasteiger charge is 2.17. The zero-order chi connectivity index (χ0) is 26.2. The largest absolute Gasteiger partial charge is 0.497 e. The van der Waals surface area contributed by atoms with Crippen molar-refractivity contribution >= 4 is 29.3 Å². The van der Waals surface area contributed by atoms with Gasteiger partial charge in [0, 0.05) is 11.4 Å². The molecule has 0 spiro atoms. The van der Waals surface area contributed by atoms with Gasteiger partial charge in [0.2, 0.25) is 11.8 Å². The lowest BCUT2D eigenvalue weighted by molar-refractivity contribution is -0.120. The lowest BCUT2D eigenvalue weighted by Crippen LogP contribution is -2.26. The van der Waals surface area contributed by atoms with Crippen LogP contribution in [0.2, 0.25) is 0 Å². The van der Waals surface area contributed by atoms with Gasteiger partial charge in [-0.3, -0.25) is 14.2 Å². The topological polar surface area (TPSA) is 98.1 Å². The van der Waals surface area contributed by atoms with Gasteiger partial charge in [0.05, 0.1) is 25.8 Å². The predicted molar refractivity (Wildman–Crippen MR) is 145 cm³/mol. The van der Waals surface area contributed by atoms with E-state index in [1.165, 1.54) is 11.8 Å². The number of carbonyl (C=O) groups is 2. The fourth-order valence-corrected chi connectivity index (χ4v) is 4.52. The minimum Gasteiger partial charge on any atom is -0.497 e. The van der Waals surface area contributed by atoms with Crippen molar-refractivity contribution in [2.45, 2.75) is 32.0 Å². The van der Waals surface area contributed by atoms with E-state index in [0.717, 1.165) is 33.8 Å². The number of rotatable bonds is 10. The van der Waals surface area contributed by atoms with Gasteiger partial charge in [0.15, 0.2) is 11.0 Å². The van der Waals surface area contributed by atoms with Crippen LogP contribution < -0.4 is 15.4 Å². The molecule has 0 aliphatic carbocycles. The summed E-state index contributed by atoms with van der Waals surface area (Å²) in [6.07, 6.45) is 0.239. The fraction of sp³-hybridized carbons (Fsp3) is 0.214. The number of ether oxygens (including phenoxy) is 1. The Labute approximate surface area is 220 Å². The number of hydrogen-bond acceptors (Lipinski definition) is 6. The Hall–Kier alpha value is -4.11. The number of anilines is 1. The van der Waals surface area contributed by atoms with Crippen LogP contribution >= 0.6 is 11.8 Å². The van der Waals surface area contributed by atoms with Crippen LogP contribution in [0, 0.1) is 13.8 Å². The SMILES string of the molecule is COc1ccc(CC(=O)NCc2nnc(SCC(=O)Nc3cccc(C)c3)n2-c2cccc(C)c2)cc1. The molecule has 1 heterocycles. The van der Waals surface area contributed by atoms with E-state index < -0.39 is 0 Å². The average Bonchev–Trinajstić information content (AvgIpc) is 3.29. The first-order valence-corrected chi connectivity index (χ1v) is 12.8. The summed E-state index contributed by atoms with van der Waals surface area (Å²) in [6, 6.07) is 23.0. The first kappa shape index (κ1) is 26.0. The maximum absolute atomic E-state index is 12.6. The average molecular weight is 516 g/mol. The molecule has 1 aromatic heterocycles. The second-order valence-electron chi connectivity index (χ2n) is 8.58. The van der Waals surface area contributed by atoms with Gasteiger partial charge in [-0.1, -0.05) is 48.2 Å². The van der Waals surface area contributed by atoms with Crippen LogP contribution in [0.1, 0.15) is 22.5 Å². The summed E-state index contributed by atoms with van der Waals surface area (Å²) in [5.74, 6) is 1.23. The minimum absolute atomic E-state index is 0.129. The number of aromatic nitrogens is 3. The van der Waals surface area contributed by atoms with E-state index in [0.29, 0.717) is 11.0 Å². The van der Waals surface area contributed by atoms with Gasteiger partial charge in [-0.25, -0.2) is 0 Å². The van der Waals surface area contributed by atoms with Gasteiger partial charge in [-0.05, 0) is 66.9 Å². The number of aryl methyl sites for hydroxylation is 2. The molecule has 4 rings (SSSR count). The number of thioether (sulfide) groups is 1. The summed E-state index contributed by atoms with van der Waals surface area (Å²) in [5, 5.41) is 15.1. The third-order valence-corrected chi connectivity index (χ3v) is 6.49. The maximum Gasteiger partial charge on any atom is 0.234 e. The highest BCUT2D eigenvalue weighted by atomic mass is 32.2. The van der Waals surface area contributed by atoms with Gasteiger partial charge in [0.1, 0.15) is 5.75 Å². The first-order valence-electron chi connectivity index (χ1n) is 11.8. The molecule has 0 radical (unpaired) electrons. The molecule has 0 saturated carbocycles. The van der Waals surface area contributed by atoms with Crippen LogP contribution in [0.4, 0.5) is 5.69 Å². The van der Waals surface area contributed by atoms with Crippen molar-refractivity contribution in [2.75, 3.05) is 18.2 Å². The number of hydrogen-bond donors (Lipinski definition) is 2. The van der Waals surface area contributed by atoms with Gasteiger partial charge in [-0.15, -0.1) is 10.2 Å². The Morgan fingerprint density at radius 3 is 2.35 bits per heavy atom. The maximum atomic E-state index is 12.6. The summed E-state index contributed by atoms with van der Waals surface area (Å²) in [4.78, 5) is 25.2. The van der Waals surface area contributed by atoms with E-state index in [1.807, 2.05) is 91.2 Å². The number of benzene rings is 3. The molecule has 4 aromatic rings. The van der Waals surface area contributed by atoms with Crippen LogP contribution in [-0.2, 0) is 22.6 Å². The van der Waals surface area contributed by atoms with Crippen LogP contribution in [0.5, 0.6) is 5.75 Å². The molecule has 0 aliphatic heterocycles. The molecule has 0 aliphatic rings. The molecule has 2 amide bonds. The molecule has 0 atom stereocenters. The Balaban J connectivity index is 1.45. The Kier molecular flexibility index (Phi) is 8.58. The molecular formula is C28H29N5O3S. The summed E-state index contributed by atoms with van der Waals surface area (Å²) in [7, 11) is 1.61. The van der Waals surface area contributed by atoms with Crippen LogP contribution in [0.15, 0.2) is 78.0 Å². The van der Waals surface area contributed by atoms with E-state index >= 15 is 0 Å². The molecule has 37 heavy (non-hydrogen) atoms. The van der Waals surface area contributed by atoms with Crippen molar-refractivity contribution in [3.8, 4) is 11.4 Å². The second kappa shape index (κ2) is 12.2. The number of methoxy groups -OCH3 is 1. The molecule has 0 fully saturated rings. The van der Waals surface area contributed by atoms with E-state index in [4.69, 9.17) is 4.74 Å². The highest BCUT2D eigenvalue weighted by Crippen LogP contribution is 2.23. The third kappa shape index (κ3) is 7.20. The molecule has 190 valence electrons. The fourth-order valence-electron chi connectivity index (χ4n) is 3.75. The van der Waals surface area contributed by atoms with Crippen molar-refractivity contribution in [3.63, 3.8) is 0 Å². The van der Waals surface area contributed by atoms with Crippen molar-refractivity contribution in [1.29, 1.82) is 0 Å². The Bertz CT molecular complexity index is 1380. The standard InChI is InChI=1S/C28H29N5O3S/c1-19-6-4-8-22(14-19)30-27(35)18-37-28-32-31-25(33(28)23-9-5-7-20(2)15-23)17-29-26(34)16-21-10-12-24(36-3)13-11-21/h4-15H,16-18H2,1-3H3,(H,29,34)(H,30,35). The van der Waals surface area contributed by atoms with Gasteiger partial charge in [0.25, 0.3) is 0 Å². The van der Waals surface area contributed by atoms with Crippen molar-refractivity contribution in [1.82, 2.24) is 20.1 Å². The zero-order valence-electron chi connectivity index (χ0n) is 21.0. The van der Waals surface area contributed by atoms with Gasteiger partial charge in [-0.2, -0.15) is 0 Å². The normalized spacial score (nSPS) is 10.7. The smallest absolute Gasteiger partial charge is 0.234 e. The molecule has 0 bridgehead atoms. The molecule has 0 unspecified atom stereocenters. The van der Waals surface area contributed by atoms with Crippen LogP contribution in [0.3, 0.4) is 0 Å². The highest BCUT2D eigenvalue weighted by molar-refractivity contribution is 7.99. The molecule has 2 N–H and O–H groups in total. The van der Waals surface area contributed by atoms with Crippen molar-refractivity contribution in [2.24, 2.45) is 0 Å². The van der Waals surface area contributed by atoms with Crippen molar-refractivity contribution < 1.29 is 14.3 Å². The molecule has 0 saturated heterocycles. The van der Waals surface area contributed by atoms with Crippen LogP contribution in [-0.4, -0.2) is 39.4 Å². The second-order valence-corrected chi connectivity index (χ2v) is 9.52. The Morgan fingerprint density at radius 2 is 1.65 bits per heavy atom. The van der Waals surface area contributed by atoms with E-state index in [9.17, 15) is 9.59 Å². The number of nitrogens with zero attached hydrogens (tertiary/aromatic N) is 3. The van der Waals surface area contributed by atoms with Gasteiger partial charge >= 0.3 is 0 Å². The van der Waals surface area contributed by atoms with Gasteiger partial charge < -0.3 is 15.4 Å². The van der Waals surface area contributed by atoms with E-state index in [1.54, 1.807) is 7.11 Å². The summed E-state index contributed by atoms with van der Waals surface area (Å²) >= 11 is 1.29. The summed E-state index contributed by atoms with van der Waals surface area (Å²) in [5.41, 5.74) is 4.66. The molecule has 9 heteroatoms. The monoisotopic (exact) mass is 515 g/mol. The number of nitrogens with one attached hydrogen (secondary N) is 2. The van der Waals surface area contributed by atoms with Crippen LogP contribution in [0.25, 0.3) is 5.69 Å². The Morgan fingerprint density at radius 1 is 0.919 bits per heavy atom. The quantitative estimate of drug-likeness (QED) is 0.302. The van der Waals surface area contributed by atoms with Crippen molar-refractivity contribution in [3.05, 3.63) is 95.3 Å². The lowest BCUT2D eigenvalue weighted by Gasteiger charge is -2.12. The summed E-state index contributed by atoms with van der Waals surface area (Å²) in [6.45, 7) is 4.18. The minimum atomic E-state index is -0.135. The zero-order valence-corrected chi connectivity index (χ0v) is 21.8. The molecule has 8 nitrogen and oxygen atoms in total. The predicted octanol–water partition coefficient (Wildman–Crippen LogP) is 4.48. The summed E-state index contributed by atoms with van der Waals surface area (Å²) < 4.78 is 7.05. The van der Waals surface area contributed by atoms with E-state index in [2.05, 4.69) is 20.8 Å².